The molecule has 3 heterocycles. The molecule has 1 atom stereocenters. The molecule has 1 fully saturated rings. The van der Waals surface area contributed by atoms with Crippen LogP contribution in [0, 0.1) is 20.8 Å². The van der Waals surface area contributed by atoms with Crippen molar-refractivity contribution in [2.24, 2.45) is 0 Å². The molecule has 4 rings (SSSR count). The number of amides is 1. The van der Waals surface area contributed by atoms with Crippen molar-refractivity contribution in [3.8, 4) is 0 Å². The van der Waals surface area contributed by atoms with Gasteiger partial charge in [-0.3, -0.25) is 9.59 Å². The molecule has 1 aromatic carbocycles. The van der Waals surface area contributed by atoms with Gasteiger partial charge in [-0.15, -0.1) is 0 Å². The molecule has 1 unspecified atom stereocenters. The highest BCUT2D eigenvalue weighted by Crippen LogP contribution is 2.41. The van der Waals surface area contributed by atoms with Crippen LogP contribution in [0.2, 0.25) is 0 Å². The maximum absolute atomic E-state index is 13.0. The number of aryl methyl sites for hydroxylation is 3. The van der Waals surface area contributed by atoms with Crippen LogP contribution < -0.4 is 0 Å². The van der Waals surface area contributed by atoms with Crippen molar-refractivity contribution in [3.63, 3.8) is 0 Å². The van der Waals surface area contributed by atoms with Gasteiger partial charge in [-0.05, 0) is 56.7 Å². The van der Waals surface area contributed by atoms with Gasteiger partial charge >= 0.3 is 0 Å². The Bertz CT molecular complexity index is 1120. The molecule has 0 saturated carbocycles. The number of carbonyl (C=O) groups excluding carboxylic acids is 2. The maximum atomic E-state index is 13.0. The van der Waals surface area contributed by atoms with E-state index in [1.807, 2.05) is 26.0 Å². The number of aliphatic hydroxyl groups is 1. The first-order valence-corrected chi connectivity index (χ1v) is 9.31. The average Bonchev–Trinajstić information content (AvgIpc) is 3.40. The summed E-state index contributed by atoms with van der Waals surface area (Å²) < 4.78 is 11.1. The lowest BCUT2D eigenvalue weighted by Gasteiger charge is -2.22. The molecule has 1 aliphatic heterocycles. The smallest absolute Gasteiger partial charge is 0.296 e. The van der Waals surface area contributed by atoms with Crippen molar-refractivity contribution in [3.05, 3.63) is 88.3 Å². The number of likely N-dealkylation sites (tertiary alicyclic amines) is 1. The summed E-state index contributed by atoms with van der Waals surface area (Å²) in [6, 6.07) is 11.7. The Morgan fingerprint density at radius 2 is 1.90 bits per heavy atom. The quantitative estimate of drug-likeness (QED) is 0.404. The zero-order valence-electron chi connectivity index (χ0n) is 16.4. The Morgan fingerprint density at radius 3 is 2.55 bits per heavy atom. The summed E-state index contributed by atoms with van der Waals surface area (Å²) in [5, 5.41) is 11.1. The van der Waals surface area contributed by atoms with Crippen LogP contribution in [0.4, 0.5) is 0 Å². The van der Waals surface area contributed by atoms with Crippen LogP contribution in [0.15, 0.2) is 63.1 Å². The van der Waals surface area contributed by atoms with E-state index in [4.69, 9.17) is 8.83 Å². The van der Waals surface area contributed by atoms with E-state index < -0.39 is 17.7 Å². The lowest BCUT2D eigenvalue weighted by Crippen LogP contribution is -2.28. The average molecular weight is 391 g/mol. The fourth-order valence-corrected chi connectivity index (χ4v) is 3.65. The second-order valence-corrected chi connectivity index (χ2v) is 7.27. The van der Waals surface area contributed by atoms with Crippen molar-refractivity contribution in [1.29, 1.82) is 0 Å². The third kappa shape index (κ3) is 3.27. The van der Waals surface area contributed by atoms with E-state index >= 15 is 0 Å². The molecule has 1 aliphatic rings. The molecule has 6 nitrogen and oxygen atoms in total. The monoisotopic (exact) mass is 391 g/mol. The van der Waals surface area contributed by atoms with Crippen LogP contribution in [0.3, 0.4) is 0 Å². The summed E-state index contributed by atoms with van der Waals surface area (Å²) >= 11 is 0. The summed E-state index contributed by atoms with van der Waals surface area (Å²) in [4.78, 5) is 27.2. The number of ketones is 1. The van der Waals surface area contributed by atoms with Gasteiger partial charge in [0, 0.05) is 5.56 Å². The van der Waals surface area contributed by atoms with Crippen molar-refractivity contribution in [2.45, 2.75) is 33.4 Å². The molecule has 1 saturated heterocycles. The highest BCUT2D eigenvalue weighted by atomic mass is 16.3. The zero-order valence-corrected chi connectivity index (χ0v) is 16.4. The lowest BCUT2D eigenvalue weighted by molar-refractivity contribution is -0.140. The topological polar surface area (TPSA) is 83.9 Å². The van der Waals surface area contributed by atoms with Gasteiger partial charge in [-0.1, -0.05) is 17.7 Å². The minimum absolute atomic E-state index is 0.0182. The molecule has 2 aromatic heterocycles. The molecule has 29 heavy (non-hydrogen) atoms. The van der Waals surface area contributed by atoms with Crippen LogP contribution in [-0.2, 0) is 16.1 Å². The summed E-state index contributed by atoms with van der Waals surface area (Å²) in [7, 11) is 0. The zero-order chi connectivity index (χ0) is 20.7. The Hall–Kier alpha value is -3.54. The number of Topliss-reactive ketones (excluding diaryl/α,β-unsaturated/α-hetero) is 1. The first-order chi connectivity index (χ1) is 13.9. The van der Waals surface area contributed by atoms with Gasteiger partial charge in [-0.25, -0.2) is 0 Å². The van der Waals surface area contributed by atoms with Crippen molar-refractivity contribution < 1.29 is 23.5 Å². The van der Waals surface area contributed by atoms with Crippen molar-refractivity contribution >= 4 is 17.4 Å². The third-order valence-electron chi connectivity index (χ3n) is 5.13. The van der Waals surface area contributed by atoms with Gasteiger partial charge in [0.1, 0.15) is 29.1 Å². The van der Waals surface area contributed by atoms with E-state index in [1.165, 1.54) is 11.2 Å². The highest BCUT2D eigenvalue weighted by molar-refractivity contribution is 6.46. The maximum Gasteiger partial charge on any atom is 0.296 e. The minimum atomic E-state index is -0.839. The predicted molar refractivity (Wildman–Crippen MR) is 106 cm³/mol. The molecular weight excluding hydrogens is 370 g/mol. The number of nitrogens with zero attached hydrogens (tertiary/aromatic N) is 1. The molecule has 0 radical (unpaired) electrons. The van der Waals surface area contributed by atoms with Gasteiger partial charge in [0.05, 0.1) is 18.4 Å². The van der Waals surface area contributed by atoms with E-state index in [9.17, 15) is 14.7 Å². The lowest BCUT2D eigenvalue weighted by atomic mass is 9.96. The summed E-state index contributed by atoms with van der Waals surface area (Å²) in [5.41, 5.74) is 2.28. The number of aliphatic hydroxyl groups excluding tert-OH is 1. The second kappa shape index (κ2) is 7.13. The summed E-state index contributed by atoms with van der Waals surface area (Å²) in [6.07, 6.45) is 1.51. The molecule has 3 aromatic rings. The van der Waals surface area contributed by atoms with E-state index in [0.29, 0.717) is 22.8 Å². The molecule has 0 aliphatic carbocycles. The standard InChI is InChI=1S/C23H21NO5/c1-13-6-7-14(2)17(11-13)21(25)19-20(18-9-8-15(3)29-18)24(23(27)22(19)26)12-16-5-4-10-28-16/h4-11,20,25H,12H2,1-3H3/b21-19+. The Labute approximate surface area is 168 Å². The summed E-state index contributed by atoms with van der Waals surface area (Å²) in [6.45, 7) is 5.62. The van der Waals surface area contributed by atoms with Gasteiger partial charge in [0.15, 0.2) is 0 Å². The van der Waals surface area contributed by atoms with E-state index in [0.717, 1.165) is 11.1 Å². The first kappa shape index (κ1) is 18.8. The van der Waals surface area contributed by atoms with Crippen molar-refractivity contribution in [1.82, 2.24) is 4.90 Å². The van der Waals surface area contributed by atoms with Gasteiger partial charge < -0.3 is 18.8 Å². The molecule has 148 valence electrons. The largest absolute Gasteiger partial charge is 0.507 e. The molecule has 0 bridgehead atoms. The Kier molecular flexibility index (Phi) is 4.62. The van der Waals surface area contributed by atoms with Gasteiger partial charge in [-0.2, -0.15) is 0 Å². The SMILES string of the molecule is Cc1ccc(C)c(/C(O)=C2\C(=O)C(=O)N(Cc3ccco3)C2c2ccc(C)o2)c1. The fraction of sp³-hybridized carbons (Fsp3) is 0.217. The van der Waals surface area contributed by atoms with Crippen LogP contribution in [-0.4, -0.2) is 21.7 Å². The predicted octanol–water partition coefficient (Wildman–Crippen LogP) is 4.42. The van der Waals surface area contributed by atoms with Crippen LogP contribution in [0.5, 0.6) is 0 Å². The highest BCUT2D eigenvalue weighted by Gasteiger charge is 2.48. The Morgan fingerprint density at radius 1 is 1.10 bits per heavy atom. The number of hydrogen-bond donors (Lipinski definition) is 1. The van der Waals surface area contributed by atoms with Gasteiger partial charge in [0.25, 0.3) is 11.7 Å². The molecule has 0 spiro atoms. The fourth-order valence-electron chi connectivity index (χ4n) is 3.65. The van der Waals surface area contributed by atoms with Gasteiger partial charge in [0.2, 0.25) is 0 Å². The second-order valence-electron chi connectivity index (χ2n) is 7.27. The number of carbonyl (C=O) groups is 2. The number of rotatable bonds is 4. The van der Waals surface area contributed by atoms with E-state index in [1.54, 1.807) is 37.3 Å². The first-order valence-electron chi connectivity index (χ1n) is 9.31. The molecule has 1 N–H and O–H groups in total. The molecule has 1 amide bonds. The summed E-state index contributed by atoms with van der Waals surface area (Å²) in [5.74, 6) is -0.0470. The Balaban J connectivity index is 1.89. The van der Waals surface area contributed by atoms with E-state index in [2.05, 4.69) is 0 Å². The number of benzene rings is 1. The van der Waals surface area contributed by atoms with Crippen molar-refractivity contribution in [2.75, 3.05) is 0 Å². The number of furan rings is 2. The minimum Gasteiger partial charge on any atom is -0.507 e. The molecule has 6 heteroatoms. The normalized spacial score (nSPS) is 18.6. The number of hydrogen-bond acceptors (Lipinski definition) is 5. The third-order valence-corrected chi connectivity index (χ3v) is 5.13. The van der Waals surface area contributed by atoms with Crippen LogP contribution >= 0.6 is 0 Å². The van der Waals surface area contributed by atoms with Crippen LogP contribution in [0.1, 0.15) is 40.0 Å². The van der Waals surface area contributed by atoms with Crippen LogP contribution in [0.25, 0.3) is 5.76 Å². The van der Waals surface area contributed by atoms with E-state index in [-0.39, 0.29) is 17.9 Å². The molecular formula is C23H21NO5.